The zero-order valence-corrected chi connectivity index (χ0v) is 13.0. The van der Waals surface area contributed by atoms with E-state index in [4.69, 9.17) is 5.11 Å². The molecule has 0 aliphatic heterocycles. The quantitative estimate of drug-likeness (QED) is 0.889. The number of hydrogen-bond donors (Lipinski definition) is 1. The number of aromatic nitrogens is 1. The second-order valence-corrected chi connectivity index (χ2v) is 6.41. The first-order valence-corrected chi connectivity index (χ1v) is 7.18. The van der Waals surface area contributed by atoms with Crippen molar-refractivity contribution in [2.75, 3.05) is 6.54 Å². The lowest BCUT2D eigenvalue weighted by molar-refractivity contribution is -0.140. The van der Waals surface area contributed by atoms with Gasteiger partial charge in [-0.2, -0.15) is 0 Å². The predicted octanol–water partition coefficient (Wildman–Crippen LogP) is 1.32. The van der Waals surface area contributed by atoms with Gasteiger partial charge in [0.15, 0.2) is 0 Å². The highest BCUT2D eigenvalue weighted by Crippen LogP contribution is 2.15. The van der Waals surface area contributed by atoms with Crippen molar-refractivity contribution in [1.29, 1.82) is 0 Å². The summed E-state index contributed by atoms with van der Waals surface area (Å²) in [5.41, 5.74) is 0.250. The van der Waals surface area contributed by atoms with Gasteiger partial charge in [0.1, 0.15) is 6.54 Å². The number of carbonyl (C=O) groups excluding carboxylic acids is 1. The number of carbonyl (C=O) groups is 2. The Morgan fingerprint density at radius 1 is 1.40 bits per heavy atom. The van der Waals surface area contributed by atoms with Crippen molar-refractivity contribution in [3.05, 3.63) is 20.7 Å². The maximum Gasteiger partial charge on any atom is 0.307 e. The number of carboxylic acids is 1. The van der Waals surface area contributed by atoms with Crippen molar-refractivity contribution in [2.45, 2.75) is 46.2 Å². The van der Waals surface area contributed by atoms with Gasteiger partial charge < -0.3 is 10.0 Å². The molecule has 0 aliphatic carbocycles. The minimum atomic E-state index is -0.948. The highest BCUT2D eigenvalue weighted by atomic mass is 32.1. The number of nitrogens with zero attached hydrogens (tertiary/aromatic N) is 2. The summed E-state index contributed by atoms with van der Waals surface area (Å²) in [5.74, 6) is -1.20. The molecular formula is C13H20N2O4S. The molecule has 1 aromatic heterocycles. The van der Waals surface area contributed by atoms with Gasteiger partial charge >= 0.3 is 10.8 Å². The molecule has 0 radical (unpaired) electrons. The first kappa shape index (κ1) is 16.4. The third-order valence-electron chi connectivity index (χ3n) is 2.93. The van der Waals surface area contributed by atoms with E-state index in [2.05, 4.69) is 0 Å². The van der Waals surface area contributed by atoms with Crippen LogP contribution in [-0.4, -0.2) is 38.5 Å². The number of aliphatic carboxylic acids is 1. The van der Waals surface area contributed by atoms with Crippen molar-refractivity contribution < 1.29 is 14.7 Å². The minimum absolute atomic E-state index is 0.0505. The fourth-order valence-corrected chi connectivity index (χ4v) is 2.59. The van der Waals surface area contributed by atoms with Gasteiger partial charge in [-0.25, -0.2) is 0 Å². The Morgan fingerprint density at radius 2 is 2.00 bits per heavy atom. The number of carboxylic acid groups (broad SMARTS) is 1. The van der Waals surface area contributed by atoms with E-state index < -0.39 is 11.5 Å². The van der Waals surface area contributed by atoms with Crippen LogP contribution in [-0.2, 0) is 16.1 Å². The molecule has 20 heavy (non-hydrogen) atoms. The van der Waals surface area contributed by atoms with Crippen LogP contribution in [0.2, 0.25) is 0 Å². The molecule has 6 nitrogen and oxygen atoms in total. The Morgan fingerprint density at radius 3 is 2.40 bits per heavy atom. The molecule has 0 spiro atoms. The first-order chi connectivity index (χ1) is 9.12. The lowest BCUT2D eigenvalue weighted by Gasteiger charge is -2.35. The Labute approximate surface area is 121 Å². The number of hydrogen-bond acceptors (Lipinski definition) is 4. The summed E-state index contributed by atoms with van der Waals surface area (Å²) in [4.78, 5) is 36.0. The highest BCUT2D eigenvalue weighted by Gasteiger charge is 2.27. The maximum atomic E-state index is 12.4. The van der Waals surface area contributed by atoms with Gasteiger partial charge in [-0.1, -0.05) is 11.3 Å². The topological polar surface area (TPSA) is 79.6 Å². The van der Waals surface area contributed by atoms with Gasteiger partial charge in [0.25, 0.3) is 0 Å². The zero-order chi connectivity index (χ0) is 15.5. The number of rotatable bonds is 5. The van der Waals surface area contributed by atoms with Crippen LogP contribution in [0.5, 0.6) is 0 Å². The highest BCUT2D eigenvalue weighted by molar-refractivity contribution is 7.07. The molecule has 1 N–H and O–H groups in total. The van der Waals surface area contributed by atoms with Crippen LogP contribution >= 0.6 is 11.3 Å². The van der Waals surface area contributed by atoms with Crippen LogP contribution in [0.4, 0.5) is 0 Å². The van der Waals surface area contributed by atoms with Crippen molar-refractivity contribution in [3.8, 4) is 0 Å². The number of aryl methyl sites for hydroxylation is 1. The van der Waals surface area contributed by atoms with Gasteiger partial charge in [0.2, 0.25) is 5.91 Å². The van der Waals surface area contributed by atoms with E-state index in [9.17, 15) is 14.4 Å². The minimum Gasteiger partial charge on any atom is -0.481 e. The molecule has 0 aromatic carbocycles. The van der Waals surface area contributed by atoms with E-state index in [0.717, 1.165) is 17.0 Å². The summed E-state index contributed by atoms with van der Waals surface area (Å²) in [6, 6.07) is 0. The number of amides is 1. The molecular weight excluding hydrogens is 280 g/mol. The standard InChI is InChI=1S/C13H20N2O4S/c1-9-8-20-12(19)14(9)7-10(16)15(13(2,3)4)6-5-11(17)18/h8H,5-7H2,1-4H3,(H,17,18). The molecule has 0 bridgehead atoms. The van der Waals surface area contributed by atoms with Crippen LogP contribution < -0.4 is 4.87 Å². The molecule has 0 fully saturated rings. The SMILES string of the molecule is Cc1csc(=O)n1CC(=O)N(CCC(=O)O)C(C)(C)C. The fourth-order valence-electron chi connectivity index (χ4n) is 1.86. The van der Waals surface area contributed by atoms with Gasteiger partial charge in [0, 0.05) is 23.2 Å². The van der Waals surface area contributed by atoms with E-state index in [0.29, 0.717) is 0 Å². The van der Waals surface area contributed by atoms with E-state index in [1.54, 1.807) is 12.3 Å². The third kappa shape index (κ3) is 4.19. The summed E-state index contributed by atoms with van der Waals surface area (Å²) in [5, 5.41) is 10.5. The van der Waals surface area contributed by atoms with Gasteiger partial charge in [0.05, 0.1) is 6.42 Å². The molecule has 1 amide bonds. The molecule has 112 valence electrons. The average molecular weight is 300 g/mol. The molecule has 1 rings (SSSR count). The van der Waals surface area contributed by atoms with Gasteiger partial charge in [-0.15, -0.1) is 0 Å². The second kappa shape index (κ2) is 6.21. The van der Waals surface area contributed by atoms with Crippen molar-refractivity contribution >= 4 is 23.2 Å². The maximum absolute atomic E-state index is 12.4. The molecule has 1 heterocycles. The molecule has 0 saturated heterocycles. The molecule has 0 aliphatic rings. The summed E-state index contributed by atoms with van der Waals surface area (Å²) < 4.78 is 1.41. The van der Waals surface area contributed by atoms with E-state index in [1.165, 1.54) is 9.47 Å². The normalized spacial score (nSPS) is 11.4. The van der Waals surface area contributed by atoms with Gasteiger partial charge in [-0.3, -0.25) is 19.0 Å². The van der Waals surface area contributed by atoms with Crippen LogP contribution in [0, 0.1) is 6.92 Å². The summed E-state index contributed by atoms with van der Waals surface area (Å²) in [6.45, 7) is 7.38. The average Bonchev–Trinajstić information content (AvgIpc) is 2.58. The largest absolute Gasteiger partial charge is 0.481 e. The van der Waals surface area contributed by atoms with E-state index >= 15 is 0 Å². The Hall–Kier alpha value is -1.63. The summed E-state index contributed by atoms with van der Waals surface area (Å²) in [7, 11) is 0. The van der Waals surface area contributed by atoms with Crippen LogP contribution in [0.1, 0.15) is 32.9 Å². The summed E-state index contributed by atoms with van der Waals surface area (Å²) >= 11 is 1.05. The first-order valence-electron chi connectivity index (χ1n) is 6.30. The fraction of sp³-hybridized carbons (Fsp3) is 0.615. The molecule has 0 saturated carbocycles. The Balaban J connectivity index is 2.89. The lowest BCUT2D eigenvalue weighted by atomic mass is 10.1. The third-order valence-corrected chi connectivity index (χ3v) is 3.81. The van der Waals surface area contributed by atoms with Crippen LogP contribution in [0.25, 0.3) is 0 Å². The van der Waals surface area contributed by atoms with Gasteiger partial charge in [-0.05, 0) is 27.7 Å². The Kier molecular flexibility index (Phi) is 5.10. The Bertz CT molecular complexity index is 553. The van der Waals surface area contributed by atoms with Crippen LogP contribution in [0.15, 0.2) is 10.2 Å². The van der Waals surface area contributed by atoms with E-state index in [-0.39, 0.29) is 30.3 Å². The summed E-state index contributed by atoms with van der Waals surface area (Å²) in [6.07, 6.45) is -0.111. The lowest BCUT2D eigenvalue weighted by Crippen LogP contribution is -2.48. The van der Waals surface area contributed by atoms with Crippen LogP contribution in [0.3, 0.4) is 0 Å². The second-order valence-electron chi connectivity index (χ2n) is 5.59. The predicted molar refractivity (Wildman–Crippen MR) is 77.0 cm³/mol. The molecule has 0 atom stereocenters. The van der Waals surface area contributed by atoms with Crippen molar-refractivity contribution in [2.24, 2.45) is 0 Å². The monoisotopic (exact) mass is 300 g/mol. The van der Waals surface area contributed by atoms with E-state index in [1.807, 2.05) is 20.8 Å². The van der Waals surface area contributed by atoms with Crippen molar-refractivity contribution in [3.63, 3.8) is 0 Å². The van der Waals surface area contributed by atoms with Crippen molar-refractivity contribution in [1.82, 2.24) is 9.47 Å². The smallest absolute Gasteiger partial charge is 0.307 e. The molecule has 1 aromatic rings. The molecule has 7 heteroatoms. The zero-order valence-electron chi connectivity index (χ0n) is 12.2. The molecule has 0 unspecified atom stereocenters. The number of thiazole rings is 1.